The summed E-state index contributed by atoms with van der Waals surface area (Å²) in [6.45, 7) is 4.03. The smallest absolute Gasteiger partial charge is 0.321 e. The Morgan fingerprint density at radius 3 is 2.32 bits per heavy atom. The zero-order chi connectivity index (χ0) is 20.1. The lowest BCUT2D eigenvalue weighted by Crippen LogP contribution is -2.36. The van der Waals surface area contributed by atoms with Crippen molar-refractivity contribution in [3.8, 4) is 0 Å². The molecule has 1 aliphatic rings. The molecule has 6 heteroatoms. The molecule has 1 atom stereocenters. The van der Waals surface area contributed by atoms with E-state index in [1.54, 1.807) is 29.2 Å². The quantitative estimate of drug-likeness (QED) is 0.863. The summed E-state index contributed by atoms with van der Waals surface area (Å²) in [5.74, 6) is -0.0556. The highest BCUT2D eigenvalue weighted by molar-refractivity contribution is 6.06. The molecule has 1 saturated heterocycles. The minimum atomic E-state index is -0.0945. The lowest BCUT2D eigenvalue weighted by Gasteiger charge is -2.22. The number of anilines is 2. The monoisotopic (exact) mass is 380 g/mol. The Bertz CT molecular complexity index is 805. The first-order valence-corrected chi connectivity index (χ1v) is 9.69. The molecule has 1 heterocycles. The number of nitrogens with zero attached hydrogens (tertiary/aromatic N) is 3. The lowest BCUT2D eigenvalue weighted by molar-refractivity contribution is 0.0988. The predicted molar refractivity (Wildman–Crippen MR) is 113 cm³/mol. The number of carbonyl (C=O) groups is 2. The van der Waals surface area contributed by atoms with Crippen molar-refractivity contribution in [3.63, 3.8) is 0 Å². The van der Waals surface area contributed by atoms with Crippen molar-refractivity contribution in [1.82, 2.24) is 9.80 Å². The molecule has 28 heavy (non-hydrogen) atoms. The topological polar surface area (TPSA) is 55.9 Å². The first-order chi connectivity index (χ1) is 13.5. The molecule has 1 N–H and O–H groups in total. The van der Waals surface area contributed by atoms with Crippen LogP contribution in [0.1, 0.15) is 23.7 Å². The Labute approximate surface area is 166 Å². The van der Waals surface area contributed by atoms with Crippen molar-refractivity contribution in [2.75, 3.05) is 43.9 Å². The molecule has 0 bridgehead atoms. The van der Waals surface area contributed by atoms with Crippen LogP contribution in [0, 0.1) is 0 Å². The van der Waals surface area contributed by atoms with Crippen LogP contribution in [0.15, 0.2) is 54.6 Å². The number of benzene rings is 2. The molecule has 3 rings (SSSR count). The maximum Gasteiger partial charge on any atom is 0.321 e. The maximum absolute atomic E-state index is 12.8. The van der Waals surface area contributed by atoms with Gasteiger partial charge in [-0.15, -0.1) is 0 Å². The van der Waals surface area contributed by atoms with Gasteiger partial charge in [-0.1, -0.05) is 18.2 Å². The summed E-state index contributed by atoms with van der Waals surface area (Å²) < 4.78 is 0. The summed E-state index contributed by atoms with van der Waals surface area (Å²) in [5, 5.41) is 2.93. The third kappa shape index (κ3) is 4.51. The van der Waals surface area contributed by atoms with Gasteiger partial charge < -0.3 is 20.0 Å². The highest BCUT2D eigenvalue weighted by Gasteiger charge is 2.27. The van der Waals surface area contributed by atoms with Crippen LogP contribution in [0.2, 0.25) is 0 Å². The number of likely N-dealkylation sites (tertiary alicyclic amines) is 1. The van der Waals surface area contributed by atoms with Gasteiger partial charge in [0.05, 0.1) is 0 Å². The summed E-state index contributed by atoms with van der Waals surface area (Å²) in [4.78, 5) is 31.0. The van der Waals surface area contributed by atoms with Gasteiger partial charge in [-0.25, -0.2) is 4.79 Å². The molecule has 3 amide bonds. The number of likely N-dealkylation sites (N-methyl/N-ethyl adjacent to an activating group) is 1. The van der Waals surface area contributed by atoms with Crippen molar-refractivity contribution >= 4 is 23.3 Å². The van der Waals surface area contributed by atoms with Crippen molar-refractivity contribution in [2.24, 2.45) is 0 Å². The van der Waals surface area contributed by atoms with E-state index < -0.39 is 0 Å². The van der Waals surface area contributed by atoms with E-state index in [4.69, 9.17) is 0 Å². The van der Waals surface area contributed by atoms with Crippen LogP contribution >= 0.6 is 0 Å². The van der Waals surface area contributed by atoms with E-state index in [0.29, 0.717) is 23.8 Å². The molecule has 2 aromatic carbocycles. The van der Waals surface area contributed by atoms with E-state index >= 15 is 0 Å². The summed E-state index contributed by atoms with van der Waals surface area (Å²) in [6, 6.07) is 17.0. The lowest BCUT2D eigenvalue weighted by atomic mass is 10.1. The largest absolute Gasteiger partial charge is 0.323 e. The number of para-hydroxylation sites is 1. The minimum absolute atomic E-state index is 0.0556. The normalized spacial score (nSPS) is 16.3. The minimum Gasteiger partial charge on any atom is -0.323 e. The number of amides is 3. The molecule has 2 aromatic rings. The van der Waals surface area contributed by atoms with Crippen LogP contribution in [0.25, 0.3) is 0 Å². The van der Waals surface area contributed by atoms with Crippen molar-refractivity contribution < 1.29 is 9.59 Å². The van der Waals surface area contributed by atoms with Gasteiger partial charge in [-0.3, -0.25) is 4.79 Å². The van der Waals surface area contributed by atoms with E-state index in [9.17, 15) is 9.59 Å². The fraction of sp³-hybridized carbons (Fsp3) is 0.364. The molecule has 1 fully saturated rings. The molecule has 0 radical (unpaired) electrons. The van der Waals surface area contributed by atoms with Gasteiger partial charge in [0, 0.05) is 42.6 Å². The van der Waals surface area contributed by atoms with Crippen molar-refractivity contribution in [3.05, 3.63) is 60.2 Å². The molecule has 1 aliphatic heterocycles. The first kappa shape index (κ1) is 19.9. The molecule has 0 saturated carbocycles. The zero-order valence-corrected chi connectivity index (χ0v) is 16.8. The molecule has 0 aliphatic carbocycles. The Balaban J connectivity index is 1.63. The van der Waals surface area contributed by atoms with Gasteiger partial charge in [0.25, 0.3) is 5.91 Å². The van der Waals surface area contributed by atoms with E-state index in [0.717, 1.165) is 25.2 Å². The second-order valence-corrected chi connectivity index (χ2v) is 7.24. The SMILES string of the molecule is CCN(C(=O)c1ccc(NC(=O)N2CC[C@H](N(C)C)C2)cc1)c1ccccc1. The fourth-order valence-electron chi connectivity index (χ4n) is 3.45. The van der Waals surface area contributed by atoms with Gasteiger partial charge in [-0.2, -0.15) is 0 Å². The van der Waals surface area contributed by atoms with Gasteiger partial charge in [0.1, 0.15) is 0 Å². The van der Waals surface area contributed by atoms with Gasteiger partial charge in [0.2, 0.25) is 0 Å². The number of rotatable bonds is 5. The fourth-order valence-corrected chi connectivity index (χ4v) is 3.45. The molecule has 0 unspecified atom stereocenters. The third-order valence-electron chi connectivity index (χ3n) is 5.19. The number of carbonyl (C=O) groups excluding carboxylic acids is 2. The number of hydrogen-bond acceptors (Lipinski definition) is 3. The standard InChI is InChI=1S/C22H28N4O2/c1-4-26(19-8-6-5-7-9-19)21(27)17-10-12-18(13-11-17)23-22(28)25-15-14-20(16-25)24(2)3/h5-13,20H,4,14-16H2,1-3H3,(H,23,28)/t20-/m0/s1. The van der Waals surface area contributed by atoms with Crippen LogP contribution in [0.3, 0.4) is 0 Å². The van der Waals surface area contributed by atoms with Crippen LogP contribution in [0.4, 0.5) is 16.2 Å². The predicted octanol–water partition coefficient (Wildman–Crippen LogP) is 3.52. The second-order valence-electron chi connectivity index (χ2n) is 7.24. The average molecular weight is 380 g/mol. The second kappa shape index (κ2) is 8.89. The van der Waals surface area contributed by atoms with Crippen LogP contribution in [0.5, 0.6) is 0 Å². The molecule has 0 aromatic heterocycles. The maximum atomic E-state index is 12.8. The van der Waals surface area contributed by atoms with Gasteiger partial charge in [-0.05, 0) is 63.8 Å². The van der Waals surface area contributed by atoms with Crippen LogP contribution in [-0.2, 0) is 0 Å². The van der Waals surface area contributed by atoms with Crippen molar-refractivity contribution in [2.45, 2.75) is 19.4 Å². The molecule has 0 spiro atoms. The number of nitrogens with one attached hydrogen (secondary N) is 1. The summed E-state index contributed by atoms with van der Waals surface area (Å²) in [7, 11) is 4.08. The van der Waals surface area contributed by atoms with Crippen molar-refractivity contribution in [1.29, 1.82) is 0 Å². The summed E-state index contributed by atoms with van der Waals surface area (Å²) in [6.07, 6.45) is 0.986. The Morgan fingerprint density at radius 2 is 1.75 bits per heavy atom. The van der Waals surface area contributed by atoms with Gasteiger partial charge >= 0.3 is 6.03 Å². The van der Waals surface area contributed by atoms with E-state index in [1.807, 2.05) is 56.3 Å². The summed E-state index contributed by atoms with van der Waals surface area (Å²) >= 11 is 0. The summed E-state index contributed by atoms with van der Waals surface area (Å²) in [5.41, 5.74) is 2.16. The van der Waals surface area contributed by atoms with E-state index in [-0.39, 0.29) is 11.9 Å². The number of hydrogen-bond donors (Lipinski definition) is 1. The highest BCUT2D eigenvalue weighted by Crippen LogP contribution is 2.19. The van der Waals surface area contributed by atoms with Gasteiger partial charge in [0.15, 0.2) is 0 Å². The first-order valence-electron chi connectivity index (χ1n) is 9.69. The Hall–Kier alpha value is -2.86. The number of urea groups is 1. The molecule has 6 nitrogen and oxygen atoms in total. The molecular weight excluding hydrogens is 352 g/mol. The Morgan fingerprint density at radius 1 is 1.07 bits per heavy atom. The average Bonchev–Trinajstić information content (AvgIpc) is 3.21. The zero-order valence-electron chi connectivity index (χ0n) is 16.8. The Kier molecular flexibility index (Phi) is 6.31. The van der Waals surface area contributed by atoms with Crippen LogP contribution in [-0.4, -0.2) is 61.5 Å². The third-order valence-corrected chi connectivity index (χ3v) is 5.19. The highest BCUT2D eigenvalue weighted by atomic mass is 16.2. The van der Waals surface area contributed by atoms with E-state index in [1.165, 1.54) is 0 Å². The van der Waals surface area contributed by atoms with E-state index in [2.05, 4.69) is 10.2 Å². The van der Waals surface area contributed by atoms with Crippen LogP contribution < -0.4 is 10.2 Å². The molecular formula is C22H28N4O2. The molecule has 148 valence electrons.